The Kier molecular flexibility index (Phi) is 50.0. The van der Waals surface area contributed by atoms with Crippen LogP contribution in [-0.2, 0) is 28.6 Å². The molecular formula is C59H98O6. The van der Waals surface area contributed by atoms with Crippen molar-refractivity contribution in [2.45, 2.75) is 245 Å². The van der Waals surface area contributed by atoms with Crippen molar-refractivity contribution in [1.82, 2.24) is 0 Å². The number of esters is 3. The quantitative estimate of drug-likeness (QED) is 0.0262. The summed E-state index contributed by atoms with van der Waals surface area (Å²) in [6.07, 6.45) is 69.6. The van der Waals surface area contributed by atoms with Gasteiger partial charge < -0.3 is 14.2 Å². The second-order valence-electron chi connectivity index (χ2n) is 17.4. The number of carbonyl (C=O) groups is 3. The van der Waals surface area contributed by atoms with E-state index in [1.165, 1.54) is 64.2 Å². The SMILES string of the molecule is CC/C=C\C/C=C\C/C=C\C/C=C\C/C=C\CCCCCC(=O)OC[C@H](COC(=O)CCCCCCCCCCCCCCC)OC(=O)CCCCCCC/C=C\C/C=C\C/C=C\CC. The average molecular weight is 903 g/mol. The molecule has 0 bridgehead atoms. The first-order valence-electron chi connectivity index (χ1n) is 26.7. The predicted molar refractivity (Wildman–Crippen MR) is 279 cm³/mol. The minimum absolute atomic E-state index is 0.0945. The van der Waals surface area contributed by atoms with Crippen molar-refractivity contribution in [1.29, 1.82) is 0 Å². The fourth-order valence-corrected chi connectivity index (χ4v) is 7.13. The van der Waals surface area contributed by atoms with Gasteiger partial charge in [0.2, 0.25) is 0 Å². The molecule has 0 fully saturated rings. The molecule has 0 aromatic heterocycles. The van der Waals surface area contributed by atoms with Crippen molar-refractivity contribution in [2.75, 3.05) is 13.2 Å². The molecule has 0 amide bonds. The highest BCUT2D eigenvalue weighted by atomic mass is 16.6. The van der Waals surface area contributed by atoms with Crippen LogP contribution in [0.1, 0.15) is 239 Å². The number of hydrogen-bond acceptors (Lipinski definition) is 6. The molecule has 0 aliphatic heterocycles. The molecule has 1 atom stereocenters. The van der Waals surface area contributed by atoms with Gasteiger partial charge >= 0.3 is 17.9 Å². The summed E-state index contributed by atoms with van der Waals surface area (Å²) >= 11 is 0. The smallest absolute Gasteiger partial charge is 0.306 e. The number of carbonyl (C=O) groups excluding carboxylic acids is 3. The first-order chi connectivity index (χ1) is 32.0. The van der Waals surface area contributed by atoms with E-state index in [0.29, 0.717) is 19.3 Å². The average Bonchev–Trinajstić information content (AvgIpc) is 3.30. The third kappa shape index (κ3) is 51.2. The number of ether oxygens (including phenoxy) is 3. The van der Waals surface area contributed by atoms with Crippen molar-refractivity contribution in [3.8, 4) is 0 Å². The maximum Gasteiger partial charge on any atom is 0.306 e. The molecule has 0 heterocycles. The van der Waals surface area contributed by atoms with Gasteiger partial charge in [-0.3, -0.25) is 14.4 Å². The van der Waals surface area contributed by atoms with Crippen LogP contribution >= 0.6 is 0 Å². The maximum absolute atomic E-state index is 12.8. The summed E-state index contributed by atoms with van der Waals surface area (Å²) in [6.45, 7) is 6.37. The lowest BCUT2D eigenvalue weighted by Crippen LogP contribution is -2.30. The van der Waals surface area contributed by atoms with E-state index >= 15 is 0 Å². The van der Waals surface area contributed by atoms with Crippen LogP contribution in [0.5, 0.6) is 0 Å². The van der Waals surface area contributed by atoms with Crippen LogP contribution in [0.3, 0.4) is 0 Å². The predicted octanol–water partition coefficient (Wildman–Crippen LogP) is 17.8. The highest BCUT2D eigenvalue weighted by Crippen LogP contribution is 2.14. The summed E-state index contributed by atoms with van der Waals surface area (Å²) in [5.74, 6) is -0.945. The first kappa shape index (κ1) is 61.3. The molecule has 0 unspecified atom stereocenters. The van der Waals surface area contributed by atoms with Crippen molar-refractivity contribution >= 4 is 17.9 Å². The van der Waals surface area contributed by atoms with E-state index in [2.05, 4.69) is 118 Å². The first-order valence-corrected chi connectivity index (χ1v) is 26.7. The van der Waals surface area contributed by atoms with E-state index in [4.69, 9.17) is 14.2 Å². The number of hydrogen-bond donors (Lipinski definition) is 0. The van der Waals surface area contributed by atoms with E-state index in [9.17, 15) is 14.4 Å². The van der Waals surface area contributed by atoms with E-state index in [-0.39, 0.29) is 31.1 Å². The number of unbranched alkanes of at least 4 members (excludes halogenated alkanes) is 20. The summed E-state index contributed by atoms with van der Waals surface area (Å²) in [7, 11) is 0. The normalized spacial score (nSPS) is 12.8. The molecule has 0 rings (SSSR count). The molecule has 0 aromatic rings. The fourth-order valence-electron chi connectivity index (χ4n) is 7.13. The van der Waals surface area contributed by atoms with E-state index in [1.54, 1.807) is 0 Å². The molecule has 6 nitrogen and oxygen atoms in total. The zero-order valence-corrected chi connectivity index (χ0v) is 42.2. The zero-order chi connectivity index (χ0) is 47.2. The Morgan fingerprint density at radius 1 is 0.323 bits per heavy atom. The Morgan fingerprint density at radius 2 is 0.600 bits per heavy atom. The molecule has 0 radical (unpaired) electrons. The van der Waals surface area contributed by atoms with E-state index < -0.39 is 6.10 Å². The van der Waals surface area contributed by atoms with Crippen LogP contribution in [0.25, 0.3) is 0 Å². The van der Waals surface area contributed by atoms with Gasteiger partial charge in [0.05, 0.1) is 0 Å². The molecular weight excluding hydrogens is 805 g/mol. The second-order valence-corrected chi connectivity index (χ2v) is 17.4. The monoisotopic (exact) mass is 903 g/mol. The molecule has 6 heteroatoms. The molecule has 0 spiro atoms. The Hall–Kier alpha value is -3.67. The minimum Gasteiger partial charge on any atom is -0.462 e. The van der Waals surface area contributed by atoms with Crippen molar-refractivity contribution in [3.05, 3.63) is 97.2 Å². The number of allylic oxidation sites excluding steroid dienone is 16. The van der Waals surface area contributed by atoms with Crippen LogP contribution < -0.4 is 0 Å². The lowest BCUT2D eigenvalue weighted by molar-refractivity contribution is -0.167. The Balaban J connectivity index is 4.47. The zero-order valence-electron chi connectivity index (χ0n) is 42.2. The molecule has 0 saturated carbocycles. The molecule has 0 aliphatic carbocycles. The largest absolute Gasteiger partial charge is 0.462 e. The van der Waals surface area contributed by atoms with Crippen molar-refractivity contribution < 1.29 is 28.6 Å². The molecule has 65 heavy (non-hydrogen) atoms. The van der Waals surface area contributed by atoms with Crippen LogP contribution in [0.2, 0.25) is 0 Å². The van der Waals surface area contributed by atoms with Crippen LogP contribution in [0.4, 0.5) is 0 Å². The van der Waals surface area contributed by atoms with Crippen LogP contribution in [0.15, 0.2) is 97.2 Å². The van der Waals surface area contributed by atoms with Crippen molar-refractivity contribution in [3.63, 3.8) is 0 Å². The van der Waals surface area contributed by atoms with Gasteiger partial charge in [-0.1, -0.05) is 221 Å². The topological polar surface area (TPSA) is 78.9 Å². The highest BCUT2D eigenvalue weighted by Gasteiger charge is 2.19. The molecule has 0 N–H and O–H groups in total. The molecule has 370 valence electrons. The van der Waals surface area contributed by atoms with E-state index in [1.807, 2.05) is 0 Å². The van der Waals surface area contributed by atoms with Gasteiger partial charge in [-0.2, -0.15) is 0 Å². The van der Waals surface area contributed by atoms with Crippen molar-refractivity contribution in [2.24, 2.45) is 0 Å². The van der Waals surface area contributed by atoms with Gasteiger partial charge in [0, 0.05) is 19.3 Å². The number of rotatable bonds is 47. The van der Waals surface area contributed by atoms with Gasteiger partial charge in [0.15, 0.2) is 6.10 Å². The maximum atomic E-state index is 12.8. The molecule has 0 saturated heterocycles. The third-order valence-electron chi connectivity index (χ3n) is 11.1. The summed E-state index contributed by atoms with van der Waals surface area (Å²) in [6, 6.07) is 0. The minimum atomic E-state index is -0.799. The molecule has 0 aliphatic rings. The van der Waals surface area contributed by atoms with Gasteiger partial charge in [0.1, 0.15) is 13.2 Å². The third-order valence-corrected chi connectivity index (χ3v) is 11.1. The van der Waals surface area contributed by atoms with Gasteiger partial charge in [-0.05, 0) is 96.3 Å². The summed E-state index contributed by atoms with van der Waals surface area (Å²) in [5, 5.41) is 0. The fraction of sp³-hybridized carbons (Fsp3) is 0.678. The highest BCUT2D eigenvalue weighted by molar-refractivity contribution is 5.71. The lowest BCUT2D eigenvalue weighted by atomic mass is 10.0. The van der Waals surface area contributed by atoms with Crippen LogP contribution in [-0.4, -0.2) is 37.2 Å². The van der Waals surface area contributed by atoms with Crippen LogP contribution in [0, 0.1) is 0 Å². The van der Waals surface area contributed by atoms with Gasteiger partial charge in [-0.15, -0.1) is 0 Å². The van der Waals surface area contributed by atoms with E-state index in [0.717, 1.165) is 135 Å². The Labute approximate surface area is 400 Å². The summed E-state index contributed by atoms with van der Waals surface area (Å²) < 4.78 is 16.8. The Morgan fingerprint density at radius 3 is 0.954 bits per heavy atom. The summed E-state index contributed by atoms with van der Waals surface area (Å²) in [5.41, 5.74) is 0. The van der Waals surface area contributed by atoms with Gasteiger partial charge in [-0.25, -0.2) is 0 Å². The standard InChI is InChI=1S/C59H98O6/c1-4-7-10-13-16-19-22-25-27-28-29-30-32-34-37-40-43-46-49-52-58(61)64-55-56(54-63-57(60)51-48-45-42-39-36-33-24-21-18-15-12-9-6-3)65-59(62)53-50-47-44-41-38-35-31-26-23-20-17-14-11-8-5-2/h7-8,10-11,16-17,19-20,25-27,29-31,34,37,56H,4-6,9,12-15,18,21-24,28,32-33,35-36,38-55H2,1-3H3/b10-7-,11-8-,19-16-,20-17-,27-25-,30-29-,31-26-,37-34-/t56-/m0/s1. The second kappa shape index (κ2) is 52.9. The summed E-state index contributed by atoms with van der Waals surface area (Å²) in [4.78, 5) is 38.0. The molecule has 0 aromatic carbocycles. The lowest BCUT2D eigenvalue weighted by Gasteiger charge is -2.18. The Bertz CT molecular complexity index is 1310. The van der Waals surface area contributed by atoms with Gasteiger partial charge in [0.25, 0.3) is 0 Å².